The molecule has 21 heavy (non-hydrogen) atoms. The number of benzene rings is 1. The van der Waals surface area contributed by atoms with Gasteiger partial charge in [-0.05, 0) is 19.1 Å². The van der Waals surface area contributed by atoms with Crippen molar-refractivity contribution in [2.45, 2.75) is 13.0 Å². The van der Waals surface area contributed by atoms with Crippen LogP contribution in [0.2, 0.25) is 0 Å². The van der Waals surface area contributed by atoms with E-state index >= 15 is 0 Å². The van der Waals surface area contributed by atoms with Crippen molar-refractivity contribution in [3.63, 3.8) is 0 Å². The molecule has 110 valence electrons. The van der Waals surface area contributed by atoms with Gasteiger partial charge in [-0.15, -0.1) is 5.10 Å². The number of rotatable bonds is 4. The molecule has 2 rings (SSSR count). The SMILES string of the molecule is COC(=O)c1ncn(C(C)C(=O)Nc2ccccc2N)n1. The van der Waals surface area contributed by atoms with Gasteiger partial charge < -0.3 is 15.8 Å². The van der Waals surface area contributed by atoms with Crippen LogP contribution in [0.1, 0.15) is 23.6 Å². The van der Waals surface area contributed by atoms with Gasteiger partial charge in [0.25, 0.3) is 5.82 Å². The predicted octanol–water partition coefficient (Wildman–Crippen LogP) is 0.847. The maximum atomic E-state index is 12.1. The Kier molecular flexibility index (Phi) is 4.17. The highest BCUT2D eigenvalue weighted by atomic mass is 16.5. The molecule has 0 spiro atoms. The van der Waals surface area contributed by atoms with Crippen molar-refractivity contribution in [3.8, 4) is 0 Å². The molecule has 3 N–H and O–H groups in total. The summed E-state index contributed by atoms with van der Waals surface area (Å²) in [6, 6.07) is 6.26. The van der Waals surface area contributed by atoms with Crippen LogP contribution in [0.5, 0.6) is 0 Å². The highest BCUT2D eigenvalue weighted by Crippen LogP contribution is 2.18. The first kappa shape index (κ1) is 14.5. The highest BCUT2D eigenvalue weighted by molar-refractivity contribution is 5.96. The lowest BCUT2D eigenvalue weighted by atomic mass is 10.2. The van der Waals surface area contributed by atoms with Gasteiger partial charge in [0.1, 0.15) is 12.4 Å². The lowest BCUT2D eigenvalue weighted by molar-refractivity contribution is -0.119. The topological polar surface area (TPSA) is 112 Å². The van der Waals surface area contributed by atoms with Crippen molar-refractivity contribution in [2.24, 2.45) is 0 Å². The number of esters is 1. The number of aromatic nitrogens is 3. The summed E-state index contributed by atoms with van der Waals surface area (Å²) in [5.41, 5.74) is 6.74. The minimum atomic E-state index is -0.659. The second-order valence-electron chi connectivity index (χ2n) is 4.29. The molecule has 0 saturated heterocycles. The molecule has 0 bridgehead atoms. The van der Waals surface area contributed by atoms with Crippen LogP contribution in [0.15, 0.2) is 30.6 Å². The molecular weight excluding hydrogens is 274 g/mol. The van der Waals surface area contributed by atoms with Crippen LogP contribution >= 0.6 is 0 Å². The Bertz CT molecular complexity index is 667. The van der Waals surface area contributed by atoms with E-state index in [4.69, 9.17) is 5.73 Å². The van der Waals surface area contributed by atoms with E-state index in [1.54, 1.807) is 31.2 Å². The zero-order valence-corrected chi connectivity index (χ0v) is 11.6. The van der Waals surface area contributed by atoms with Gasteiger partial charge in [0.15, 0.2) is 0 Å². The Balaban J connectivity index is 2.11. The number of nitrogens with two attached hydrogens (primary N) is 1. The number of methoxy groups -OCH3 is 1. The molecule has 1 amide bonds. The van der Waals surface area contributed by atoms with Gasteiger partial charge in [0.05, 0.1) is 18.5 Å². The number of carbonyl (C=O) groups excluding carboxylic acids is 2. The van der Waals surface area contributed by atoms with E-state index in [2.05, 4.69) is 20.1 Å². The Hall–Kier alpha value is -2.90. The number of nitrogen functional groups attached to an aromatic ring is 1. The molecule has 0 aliphatic carbocycles. The fraction of sp³-hybridized carbons (Fsp3) is 0.231. The zero-order valence-electron chi connectivity index (χ0n) is 11.6. The Morgan fingerprint density at radius 2 is 2.10 bits per heavy atom. The molecule has 0 saturated carbocycles. The molecule has 1 aromatic carbocycles. The summed E-state index contributed by atoms with van der Waals surface area (Å²) in [5.74, 6) is -1.08. The Labute approximate surface area is 120 Å². The molecule has 1 atom stereocenters. The monoisotopic (exact) mass is 289 g/mol. The highest BCUT2D eigenvalue weighted by Gasteiger charge is 2.19. The van der Waals surface area contributed by atoms with Gasteiger partial charge in [0.2, 0.25) is 5.91 Å². The Morgan fingerprint density at radius 3 is 2.76 bits per heavy atom. The van der Waals surface area contributed by atoms with E-state index in [9.17, 15) is 9.59 Å². The van der Waals surface area contributed by atoms with Gasteiger partial charge in [0, 0.05) is 0 Å². The second kappa shape index (κ2) is 6.04. The maximum absolute atomic E-state index is 12.1. The minimum Gasteiger partial charge on any atom is -0.463 e. The fourth-order valence-corrected chi connectivity index (χ4v) is 1.61. The molecule has 1 unspecified atom stereocenters. The van der Waals surface area contributed by atoms with E-state index in [1.165, 1.54) is 18.1 Å². The van der Waals surface area contributed by atoms with E-state index in [0.29, 0.717) is 11.4 Å². The summed E-state index contributed by atoms with van der Waals surface area (Å²) in [7, 11) is 1.23. The number of nitrogens with one attached hydrogen (secondary N) is 1. The summed E-state index contributed by atoms with van der Waals surface area (Å²) in [4.78, 5) is 27.2. The van der Waals surface area contributed by atoms with Crippen LogP contribution in [0, 0.1) is 0 Å². The van der Waals surface area contributed by atoms with E-state index in [1.807, 2.05) is 0 Å². The first-order valence-electron chi connectivity index (χ1n) is 6.17. The van der Waals surface area contributed by atoms with Gasteiger partial charge in [-0.1, -0.05) is 12.1 Å². The molecule has 0 aliphatic rings. The van der Waals surface area contributed by atoms with Crippen LogP contribution in [0.4, 0.5) is 11.4 Å². The third kappa shape index (κ3) is 3.16. The van der Waals surface area contributed by atoms with Crippen LogP contribution in [-0.4, -0.2) is 33.8 Å². The number of anilines is 2. The number of para-hydroxylation sites is 2. The summed E-state index contributed by atoms with van der Waals surface area (Å²) >= 11 is 0. The molecule has 0 aliphatic heterocycles. The number of hydrogen-bond acceptors (Lipinski definition) is 6. The zero-order chi connectivity index (χ0) is 15.4. The number of nitrogens with zero attached hydrogens (tertiary/aromatic N) is 3. The van der Waals surface area contributed by atoms with Crippen molar-refractivity contribution in [1.29, 1.82) is 0 Å². The summed E-state index contributed by atoms with van der Waals surface area (Å²) in [6.45, 7) is 1.63. The van der Waals surface area contributed by atoms with E-state index in [0.717, 1.165) is 0 Å². The molecule has 8 nitrogen and oxygen atoms in total. The molecular formula is C13H15N5O3. The van der Waals surface area contributed by atoms with E-state index < -0.39 is 12.0 Å². The normalized spacial score (nSPS) is 11.7. The van der Waals surface area contributed by atoms with Crippen molar-refractivity contribution in [3.05, 3.63) is 36.4 Å². The third-order valence-electron chi connectivity index (χ3n) is 2.87. The van der Waals surface area contributed by atoms with Crippen molar-refractivity contribution in [1.82, 2.24) is 14.8 Å². The van der Waals surface area contributed by atoms with Crippen LogP contribution < -0.4 is 11.1 Å². The number of amides is 1. The lowest BCUT2D eigenvalue weighted by Gasteiger charge is -2.13. The largest absolute Gasteiger partial charge is 0.463 e. The fourth-order valence-electron chi connectivity index (χ4n) is 1.61. The number of hydrogen-bond donors (Lipinski definition) is 2. The first-order valence-corrected chi connectivity index (χ1v) is 6.17. The van der Waals surface area contributed by atoms with Gasteiger partial charge >= 0.3 is 5.97 Å². The van der Waals surface area contributed by atoms with Gasteiger partial charge in [-0.2, -0.15) is 0 Å². The quantitative estimate of drug-likeness (QED) is 0.637. The van der Waals surface area contributed by atoms with Crippen LogP contribution in [0.3, 0.4) is 0 Å². The van der Waals surface area contributed by atoms with Crippen molar-refractivity contribution < 1.29 is 14.3 Å². The molecule has 0 fully saturated rings. The summed E-state index contributed by atoms with van der Waals surface area (Å²) < 4.78 is 5.79. The average Bonchev–Trinajstić information content (AvgIpc) is 2.97. The van der Waals surface area contributed by atoms with Crippen LogP contribution in [0.25, 0.3) is 0 Å². The lowest BCUT2D eigenvalue weighted by Crippen LogP contribution is -2.24. The van der Waals surface area contributed by atoms with E-state index in [-0.39, 0.29) is 11.7 Å². The first-order chi connectivity index (χ1) is 10.0. The number of carbonyl (C=O) groups is 2. The smallest absolute Gasteiger partial charge is 0.377 e. The minimum absolute atomic E-state index is 0.101. The third-order valence-corrected chi connectivity index (χ3v) is 2.87. The van der Waals surface area contributed by atoms with Gasteiger partial charge in [-0.25, -0.2) is 14.5 Å². The van der Waals surface area contributed by atoms with Crippen LogP contribution in [-0.2, 0) is 9.53 Å². The predicted molar refractivity (Wildman–Crippen MR) is 75.6 cm³/mol. The molecule has 2 aromatic rings. The molecule has 8 heteroatoms. The van der Waals surface area contributed by atoms with Gasteiger partial charge in [-0.3, -0.25) is 4.79 Å². The van der Waals surface area contributed by atoms with Crippen molar-refractivity contribution >= 4 is 23.3 Å². The standard InChI is InChI=1S/C13H15N5O3/c1-8(18-7-15-11(17-18)13(20)21-2)12(19)16-10-6-4-3-5-9(10)14/h3-8H,14H2,1-2H3,(H,16,19). The number of ether oxygens (including phenoxy) is 1. The average molecular weight is 289 g/mol. The Morgan fingerprint density at radius 1 is 1.38 bits per heavy atom. The summed E-state index contributed by atoms with van der Waals surface area (Å²) in [6.07, 6.45) is 1.30. The molecule has 0 radical (unpaired) electrons. The molecule has 1 heterocycles. The maximum Gasteiger partial charge on any atom is 0.377 e. The summed E-state index contributed by atoms with van der Waals surface area (Å²) in [5, 5.41) is 6.60. The van der Waals surface area contributed by atoms with Crippen molar-refractivity contribution in [2.75, 3.05) is 18.2 Å². The second-order valence-corrected chi connectivity index (χ2v) is 4.29. The molecule has 1 aromatic heterocycles.